The summed E-state index contributed by atoms with van der Waals surface area (Å²) in [6, 6.07) is 21.0. The molecule has 1 aromatic heterocycles. The lowest BCUT2D eigenvalue weighted by molar-refractivity contribution is 0.783. The van der Waals surface area contributed by atoms with Gasteiger partial charge in [-0.15, -0.1) is 0 Å². The molecule has 0 aliphatic rings. The van der Waals surface area contributed by atoms with Gasteiger partial charge >= 0.3 is 0 Å². The van der Waals surface area contributed by atoms with Gasteiger partial charge in [-0.25, -0.2) is 4.99 Å². The fourth-order valence-electron chi connectivity index (χ4n) is 4.07. The molecule has 0 saturated carbocycles. The third-order valence-electron chi connectivity index (χ3n) is 5.23. The van der Waals surface area contributed by atoms with Crippen LogP contribution in [0.15, 0.2) is 65.7 Å². The quantitative estimate of drug-likeness (QED) is 0.517. The van der Waals surface area contributed by atoms with Gasteiger partial charge in [-0.1, -0.05) is 64.1 Å². The SMILES string of the molecule is CCc1c(CC)c(CC)n(-c2ccccc2)c(=Nc2ccccc2)c1CC. The lowest BCUT2D eigenvalue weighted by Crippen LogP contribution is -2.30. The van der Waals surface area contributed by atoms with E-state index in [1.807, 2.05) is 6.07 Å². The van der Waals surface area contributed by atoms with Gasteiger partial charge in [-0.2, -0.15) is 0 Å². The standard InChI is InChI=1S/C25H30N2/c1-5-21-22(6-2)24(8-4)27(20-17-13-10-14-18-20)25(23(21)7-3)26-19-15-11-9-12-16-19/h9-18H,5-8H2,1-4H3. The molecule has 0 aliphatic heterocycles. The zero-order chi connectivity index (χ0) is 19.2. The molecule has 27 heavy (non-hydrogen) atoms. The average Bonchev–Trinajstić information content (AvgIpc) is 2.73. The Bertz CT molecular complexity index is 951. The van der Waals surface area contributed by atoms with Crippen molar-refractivity contribution in [2.75, 3.05) is 0 Å². The molecule has 0 bridgehead atoms. The largest absolute Gasteiger partial charge is 0.298 e. The molecular formula is C25H30N2. The number of para-hydroxylation sites is 2. The molecule has 0 aliphatic carbocycles. The molecule has 0 saturated heterocycles. The molecule has 2 heteroatoms. The summed E-state index contributed by atoms with van der Waals surface area (Å²) in [6.45, 7) is 9.05. The molecule has 2 aromatic carbocycles. The summed E-state index contributed by atoms with van der Waals surface area (Å²) in [6.07, 6.45) is 4.08. The van der Waals surface area contributed by atoms with Crippen LogP contribution in [0.3, 0.4) is 0 Å². The fraction of sp³-hybridized carbons (Fsp3) is 0.320. The molecule has 2 nitrogen and oxygen atoms in total. The highest BCUT2D eigenvalue weighted by Crippen LogP contribution is 2.23. The van der Waals surface area contributed by atoms with Gasteiger partial charge in [0.25, 0.3) is 0 Å². The monoisotopic (exact) mass is 358 g/mol. The Labute approximate surface area is 163 Å². The zero-order valence-corrected chi connectivity index (χ0v) is 17.0. The van der Waals surface area contributed by atoms with Crippen molar-refractivity contribution in [3.63, 3.8) is 0 Å². The van der Waals surface area contributed by atoms with Crippen molar-refractivity contribution in [2.24, 2.45) is 4.99 Å². The van der Waals surface area contributed by atoms with E-state index < -0.39 is 0 Å². The molecule has 0 spiro atoms. The number of pyridine rings is 1. The Morgan fingerprint density at radius 3 is 1.70 bits per heavy atom. The van der Waals surface area contributed by atoms with Crippen molar-refractivity contribution in [3.8, 4) is 5.69 Å². The summed E-state index contributed by atoms with van der Waals surface area (Å²) in [5.74, 6) is 0. The first-order valence-corrected chi connectivity index (χ1v) is 10.2. The summed E-state index contributed by atoms with van der Waals surface area (Å²) >= 11 is 0. The molecule has 1 heterocycles. The van der Waals surface area contributed by atoms with Crippen molar-refractivity contribution >= 4 is 5.69 Å². The van der Waals surface area contributed by atoms with Crippen LogP contribution in [0.4, 0.5) is 5.69 Å². The topological polar surface area (TPSA) is 17.3 Å². The number of hydrogen-bond acceptors (Lipinski definition) is 1. The summed E-state index contributed by atoms with van der Waals surface area (Å²) in [4.78, 5) is 5.14. The van der Waals surface area contributed by atoms with Gasteiger partial charge in [0.1, 0.15) is 5.49 Å². The van der Waals surface area contributed by atoms with E-state index >= 15 is 0 Å². The van der Waals surface area contributed by atoms with Gasteiger partial charge in [-0.3, -0.25) is 4.57 Å². The number of nitrogens with zero attached hydrogens (tertiary/aromatic N) is 2. The van der Waals surface area contributed by atoms with E-state index in [1.54, 1.807) is 0 Å². The maximum Gasteiger partial charge on any atom is 0.141 e. The highest BCUT2D eigenvalue weighted by molar-refractivity contribution is 5.46. The number of rotatable bonds is 6. The van der Waals surface area contributed by atoms with Crippen LogP contribution >= 0.6 is 0 Å². The summed E-state index contributed by atoms with van der Waals surface area (Å²) in [5, 5.41) is 0. The second-order valence-electron chi connectivity index (χ2n) is 6.74. The van der Waals surface area contributed by atoms with Crippen LogP contribution in [0.1, 0.15) is 50.1 Å². The number of benzene rings is 2. The molecule has 3 aromatic rings. The summed E-state index contributed by atoms with van der Waals surface area (Å²) in [5.41, 5.74) is 9.01. The third kappa shape index (κ3) is 3.75. The molecule has 0 unspecified atom stereocenters. The van der Waals surface area contributed by atoms with Crippen LogP contribution < -0.4 is 5.49 Å². The molecule has 0 amide bonds. The molecule has 3 rings (SSSR count). The summed E-state index contributed by atoms with van der Waals surface area (Å²) < 4.78 is 2.39. The minimum Gasteiger partial charge on any atom is -0.298 e. The van der Waals surface area contributed by atoms with Gasteiger partial charge in [0, 0.05) is 11.4 Å². The Morgan fingerprint density at radius 2 is 1.19 bits per heavy atom. The van der Waals surface area contributed by atoms with Crippen molar-refractivity contribution in [3.05, 3.63) is 88.5 Å². The molecule has 140 valence electrons. The van der Waals surface area contributed by atoms with E-state index in [2.05, 4.69) is 86.9 Å². The van der Waals surface area contributed by atoms with Crippen LogP contribution in [-0.4, -0.2) is 4.57 Å². The van der Waals surface area contributed by atoms with Crippen LogP contribution in [-0.2, 0) is 25.7 Å². The van der Waals surface area contributed by atoms with Crippen molar-refractivity contribution < 1.29 is 0 Å². The summed E-state index contributed by atoms with van der Waals surface area (Å²) in [7, 11) is 0. The first-order chi connectivity index (χ1) is 13.2. The van der Waals surface area contributed by atoms with Gasteiger partial charge in [-0.05, 0) is 66.6 Å². The van der Waals surface area contributed by atoms with E-state index in [0.29, 0.717) is 0 Å². The van der Waals surface area contributed by atoms with E-state index in [9.17, 15) is 0 Å². The highest BCUT2D eigenvalue weighted by atomic mass is 15.0. The molecule has 0 fully saturated rings. The lowest BCUT2D eigenvalue weighted by atomic mass is 9.93. The average molecular weight is 359 g/mol. The van der Waals surface area contributed by atoms with Gasteiger partial charge in [0.05, 0.1) is 5.69 Å². The molecule has 0 radical (unpaired) electrons. The molecule has 0 N–H and O–H groups in total. The van der Waals surface area contributed by atoms with Crippen LogP contribution in [0.5, 0.6) is 0 Å². The Hall–Kier alpha value is -2.61. The maximum absolute atomic E-state index is 5.14. The van der Waals surface area contributed by atoms with E-state index in [-0.39, 0.29) is 0 Å². The molecular weight excluding hydrogens is 328 g/mol. The van der Waals surface area contributed by atoms with Crippen molar-refractivity contribution in [2.45, 2.75) is 53.4 Å². The van der Waals surface area contributed by atoms with Gasteiger partial charge < -0.3 is 0 Å². The van der Waals surface area contributed by atoms with Crippen molar-refractivity contribution in [1.29, 1.82) is 0 Å². The Morgan fingerprint density at radius 1 is 0.630 bits per heavy atom. The van der Waals surface area contributed by atoms with E-state index in [4.69, 9.17) is 4.99 Å². The van der Waals surface area contributed by atoms with E-state index in [1.165, 1.54) is 28.1 Å². The predicted octanol–water partition coefficient (Wildman–Crippen LogP) is 5.96. The van der Waals surface area contributed by atoms with Crippen LogP contribution in [0.2, 0.25) is 0 Å². The minimum atomic E-state index is 0.985. The third-order valence-corrected chi connectivity index (χ3v) is 5.23. The predicted molar refractivity (Wildman–Crippen MR) is 115 cm³/mol. The van der Waals surface area contributed by atoms with Gasteiger partial charge in [0.15, 0.2) is 0 Å². The van der Waals surface area contributed by atoms with Crippen LogP contribution in [0.25, 0.3) is 5.69 Å². The maximum atomic E-state index is 5.14. The second kappa shape index (κ2) is 8.85. The number of hydrogen-bond donors (Lipinski definition) is 0. The minimum absolute atomic E-state index is 0.985. The highest BCUT2D eigenvalue weighted by Gasteiger charge is 2.17. The Balaban J connectivity index is 2.50. The lowest BCUT2D eigenvalue weighted by Gasteiger charge is -2.24. The molecule has 0 atom stereocenters. The van der Waals surface area contributed by atoms with E-state index in [0.717, 1.165) is 36.9 Å². The zero-order valence-electron chi connectivity index (χ0n) is 17.0. The van der Waals surface area contributed by atoms with Crippen LogP contribution in [0, 0.1) is 0 Å². The normalized spacial score (nSPS) is 11.8. The van der Waals surface area contributed by atoms with Gasteiger partial charge in [0.2, 0.25) is 0 Å². The first-order valence-electron chi connectivity index (χ1n) is 10.2. The first kappa shape index (κ1) is 19.2. The van der Waals surface area contributed by atoms with Crippen molar-refractivity contribution in [1.82, 2.24) is 4.57 Å². The Kier molecular flexibility index (Phi) is 6.28. The smallest absolute Gasteiger partial charge is 0.141 e. The fourth-order valence-corrected chi connectivity index (χ4v) is 4.07. The second-order valence-corrected chi connectivity index (χ2v) is 6.74. The number of aromatic nitrogens is 1.